The highest BCUT2D eigenvalue weighted by Gasteiger charge is 2.31. The van der Waals surface area contributed by atoms with Gasteiger partial charge in [-0.3, -0.25) is 9.59 Å². The highest BCUT2D eigenvalue weighted by Crippen LogP contribution is 2.32. The number of anilines is 2. The number of hydrogen-bond donors (Lipinski definition) is 1. The average Bonchev–Trinajstić information content (AvgIpc) is 3.42. The molecule has 1 saturated carbocycles. The van der Waals surface area contributed by atoms with E-state index in [-0.39, 0.29) is 23.8 Å². The van der Waals surface area contributed by atoms with Crippen LogP contribution < -0.4 is 10.2 Å². The predicted molar refractivity (Wildman–Crippen MR) is 112 cm³/mol. The Bertz CT molecular complexity index is 687. The van der Waals surface area contributed by atoms with Crippen LogP contribution in [0.3, 0.4) is 0 Å². The summed E-state index contributed by atoms with van der Waals surface area (Å²) in [5.41, 5.74) is 2.49. The summed E-state index contributed by atoms with van der Waals surface area (Å²) in [7, 11) is 4.00. The fraction of sp³-hybridized carbons (Fsp3) is 0.636. The van der Waals surface area contributed by atoms with Gasteiger partial charge in [-0.2, -0.15) is 0 Å². The van der Waals surface area contributed by atoms with Crippen molar-refractivity contribution in [3.63, 3.8) is 0 Å². The van der Waals surface area contributed by atoms with Gasteiger partial charge in [0.25, 0.3) is 0 Å². The number of rotatable bonds is 7. The summed E-state index contributed by atoms with van der Waals surface area (Å²) in [6.45, 7) is 10.6. The van der Waals surface area contributed by atoms with E-state index in [1.54, 1.807) is 0 Å². The second-order valence-corrected chi connectivity index (χ2v) is 8.94. The molecule has 1 aromatic carbocycles. The monoisotopic (exact) mass is 373 g/mol. The van der Waals surface area contributed by atoms with E-state index in [2.05, 4.69) is 24.1 Å². The van der Waals surface area contributed by atoms with Gasteiger partial charge in [0.2, 0.25) is 11.8 Å². The number of carbonyl (C=O) groups is 2. The van der Waals surface area contributed by atoms with Gasteiger partial charge in [-0.05, 0) is 49.9 Å². The molecule has 1 aromatic rings. The minimum Gasteiger partial charge on any atom is -0.377 e. The lowest BCUT2D eigenvalue weighted by Gasteiger charge is -2.35. The molecule has 5 nitrogen and oxygen atoms in total. The van der Waals surface area contributed by atoms with Crippen molar-refractivity contribution >= 4 is 23.2 Å². The van der Waals surface area contributed by atoms with E-state index in [1.807, 2.05) is 58.0 Å². The van der Waals surface area contributed by atoms with E-state index < -0.39 is 5.41 Å². The Labute approximate surface area is 164 Å². The van der Waals surface area contributed by atoms with Gasteiger partial charge in [0, 0.05) is 49.4 Å². The number of benzene rings is 1. The summed E-state index contributed by atoms with van der Waals surface area (Å²) in [5.74, 6) is 0.415. The van der Waals surface area contributed by atoms with E-state index in [1.165, 1.54) is 0 Å². The Hall–Kier alpha value is -2.04. The lowest BCUT2D eigenvalue weighted by molar-refractivity contribution is -0.142. The van der Waals surface area contributed by atoms with Crippen LogP contribution in [0.1, 0.15) is 59.4 Å². The van der Waals surface area contributed by atoms with E-state index in [0.29, 0.717) is 6.54 Å². The minimum absolute atomic E-state index is 0.100. The van der Waals surface area contributed by atoms with Crippen molar-refractivity contribution in [2.45, 2.75) is 66.5 Å². The van der Waals surface area contributed by atoms with Gasteiger partial charge in [0.1, 0.15) is 0 Å². The van der Waals surface area contributed by atoms with Crippen molar-refractivity contribution in [2.24, 2.45) is 11.3 Å². The van der Waals surface area contributed by atoms with Crippen LogP contribution in [0.15, 0.2) is 18.2 Å². The second kappa shape index (κ2) is 8.32. The zero-order valence-corrected chi connectivity index (χ0v) is 17.9. The van der Waals surface area contributed by atoms with Crippen molar-refractivity contribution < 1.29 is 9.59 Å². The molecule has 0 radical (unpaired) electrons. The molecule has 1 aliphatic rings. The first-order valence-corrected chi connectivity index (χ1v) is 9.96. The predicted octanol–water partition coefficient (Wildman–Crippen LogP) is 4.27. The Morgan fingerprint density at radius 1 is 1.22 bits per heavy atom. The zero-order chi connectivity index (χ0) is 20.4. The first-order valence-electron chi connectivity index (χ1n) is 9.96. The number of nitrogens with one attached hydrogen (secondary N) is 1. The van der Waals surface area contributed by atoms with Gasteiger partial charge in [-0.1, -0.05) is 27.7 Å². The van der Waals surface area contributed by atoms with Crippen molar-refractivity contribution in [3.8, 4) is 0 Å². The summed E-state index contributed by atoms with van der Waals surface area (Å²) in [4.78, 5) is 29.2. The van der Waals surface area contributed by atoms with Crippen molar-refractivity contribution in [2.75, 3.05) is 24.3 Å². The van der Waals surface area contributed by atoms with E-state index >= 15 is 0 Å². The molecule has 0 unspecified atom stereocenters. The third-order valence-electron chi connectivity index (χ3n) is 5.14. The molecule has 0 spiro atoms. The van der Waals surface area contributed by atoms with Crippen molar-refractivity contribution in [3.05, 3.63) is 23.8 Å². The maximum absolute atomic E-state index is 13.1. The summed E-state index contributed by atoms with van der Waals surface area (Å²) in [5, 5.41) is 3.03. The summed E-state index contributed by atoms with van der Waals surface area (Å²) < 4.78 is 0. The molecular formula is C22H35N3O2. The molecule has 150 valence electrons. The number of carbonyl (C=O) groups excluding carboxylic acids is 2. The highest BCUT2D eigenvalue weighted by molar-refractivity contribution is 5.94. The molecule has 27 heavy (non-hydrogen) atoms. The van der Waals surface area contributed by atoms with E-state index in [4.69, 9.17) is 0 Å². The SMILES string of the molecule is CC[C@@H](C)N(Cc1cc(NC(=O)C2CC2)ccc1N(C)C)C(=O)C(C)(C)C. The molecule has 2 amide bonds. The Morgan fingerprint density at radius 3 is 2.33 bits per heavy atom. The smallest absolute Gasteiger partial charge is 0.228 e. The fourth-order valence-electron chi connectivity index (χ4n) is 3.08. The zero-order valence-electron chi connectivity index (χ0n) is 17.9. The van der Waals surface area contributed by atoms with Gasteiger partial charge in [-0.15, -0.1) is 0 Å². The lowest BCUT2D eigenvalue weighted by atomic mass is 9.93. The molecule has 0 aliphatic heterocycles. The standard InChI is InChI=1S/C22H35N3O2/c1-8-15(2)25(21(27)22(3,4)5)14-17-13-18(11-12-19(17)24(6)7)23-20(26)16-9-10-16/h11-13,15-16H,8-10,14H2,1-7H3,(H,23,26)/t15-/m1/s1. The largest absolute Gasteiger partial charge is 0.377 e. The van der Waals surface area contributed by atoms with Crippen LogP contribution in [0.4, 0.5) is 11.4 Å². The van der Waals surface area contributed by atoms with Crippen LogP contribution in [0, 0.1) is 11.3 Å². The molecule has 5 heteroatoms. The lowest BCUT2D eigenvalue weighted by Crippen LogP contribution is -2.44. The van der Waals surface area contributed by atoms with Gasteiger partial charge >= 0.3 is 0 Å². The first-order chi connectivity index (χ1) is 12.5. The molecule has 1 atom stereocenters. The Kier molecular flexibility index (Phi) is 6.55. The third-order valence-corrected chi connectivity index (χ3v) is 5.14. The van der Waals surface area contributed by atoms with Crippen LogP contribution >= 0.6 is 0 Å². The second-order valence-electron chi connectivity index (χ2n) is 8.94. The fourth-order valence-corrected chi connectivity index (χ4v) is 3.08. The highest BCUT2D eigenvalue weighted by atomic mass is 16.2. The maximum Gasteiger partial charge on any atom is 0.228 e. The van der Waals surface area contributed by atoms with Crippen LogP contribution in [-0.4, -0.2) is 36.9 Å². The summed E-state index contributed by atoms with van der Waals surface area (Å²) >= 11 is 0. The average molecular weight is 374 g/mol. The molecule has 1 aliphatic carbocycles. The van der Waals surface area contributed by atoms with Gasteiger partial charge in [0.15, 0.2) is 0 Å². The number of amides is 2. The Balaban J connectivity index is 2.33. The minimum atomic E-state index is -0.431. The molecule has 0 heterocycles. The first kappa shape index (κ1) is 21.3. The van der Waals surface area contributed by atoms with Crippen LogP contribution in [0.2, 0.25) is 0 Å². The van der Waals surface area contributed by atoms with Crippen LogP contribution in [0.5, 0.6) is 0 Å². The van der Waals surface area contributed by atoms with Crippen LogP contribution in [-0.2, 0) is 16.1 Å². The molecular weight excluding hydrogens is 338 g/mol. The maximum atomic E-state index is 13.1. The number of nitrogens with zero attached hydrogens (tertiary/aromatic N) is 2. The molecule has 1 N–H and O–H groups in total. The van der Waals surface area contributed by atoms with Gasteiger partial charge in [-0.25, -0.2) is 0 Å². The summed E-state index contributed by atoms with van der Waals surface area (Å²) in [6.07, 6.45) is 2.87. The Morgan fingerprint density at radius 2 is 1.85 bits per heavy atom. The normalized spacial score (nSPS) is 15.2. The molecule has 0 bridgehead atoms. The molecule has 0 aromatic heterocycles. The van der Waals surface area contributed by atoms with Crippen molar-refractivity contribution in [1.29, 1.82) is 0 Å². The molecule has 1 fully saturated rings. The van der Waals surface area contributed by atoms with Gasteiger partial charge in [0.05, 0.1) is 0 Å². The van der Waals surface area contributed by atoms with E-state index in [0.717, 1.165) is 36.2 Å². The van der Waals surface area contributed by atoms with Crippen LogP contribution in [0.25, 0.3) is 0 Å². The van der Waals surface area contributed by atoms with E-state index in [9.17, 15) is 9.59 Å². The molecule has 0 saturated heterocycles. The van der Waals surface area contributed by atoms with Gasteiger partial charge < -0.3 is 15.1 Å². The number of hydrogen-bond acceptors (Lipinski definition) is 3. The summed E-state index contributed by atoms with van der Waals surface area (Å²) in [6, 6.07) is 6.13. The third kappa shape index (κ3) is 5.47. The topological polar surface area (TPSA) is 52.7 Å². The quantitative estimate of drug-likeness (QED) is 0.776. The van der Waals surface area contributed by atoms with Crippen molar-refractivity contribution in [1.82, 2.24) is 4.90 Å². The molecule has 2 rings (SSSR count).